The second-order valence-corrected chi connectivity index (χ2v) is 5.00. The first-order valence-electron chi connectivity index (χ1n) is 6.79. The molecule has 0 spiro atoms. The van der Waals surface area contributed by atoms with Gasteiger partial charge in [-0.15, -0.1) is 0 Å². The highest BCUT2D eigenvalue weighted by Crippen LogP contribution is 2.21. The minimum Gasteiger partial charge on any atom is -0.481 e. The van der Waals surface area contributed by atoms with Crippen molar-refractivity contribution in [1.82, 2.24) is 10.2 Å². The molecule has 1 aliphatic rings. The molecule has 1 fully saturated rings. The molecule has 0 aromatic heterocycles. The van der Waals surface area contributed by atoms with Crippen molar-refractivity contribution in [3.05, 3.63) is 0 Å². The Hall–Kier alpha value is -1.59. The van der Waals surface area contributed by atoms with Crippen molar-refractivity contribution in [3.8, 4) is 0 Å². The van der Waals surface area contributed by atoms with Crippen LogP contribution in [0.1, 0.15) is 51.4 Å². The molecule has 0 aliphatic heterocycles. The van der Waals surface area contributed by atoms with Gasteiger partial charge in [-0.1, -0.05) is 19.3 Å². The summed E-state index contributed by atoms with van der Waals surface area (Å²) in [4.78, 5) is 35.2. The maximum absolute atomic E-state index is 11.8. The maximum Gasteiger partial charge on any atom is 0.324 e. The first-order valence-corrected chi connectivity index (χ1v) is 6.79. The number of rotatable bonds is 5. The predicted molar refractivity (Wildman–Crippen MR) is 69.7 cm³/mol. The van der Waals surface area contributed by atoms with E-state index >= 15 is 0 Å². The van der Waals surface area contributed by atoms with Gasteiger partial charge in [0.1, 0.15) is 0 Å². The zero-order valence-electron chi connectivity index (χ0n) is 11.4. The number of imide groups is 1. The van der Waals surface area contributed by atoms with Crippen molar-refractivity contribution in [3.63, 3.8) is 0 Å². The molecule has 19 heavy (non-hydrogen) atoms. The van der Waals surface area contributed by atoms with Crippen LogP contribution in [0.4, 0.5) is 4.79 Å². The van der Waals surface area contributed by atoms with Gasteiger partial charge in [-0.3, -0.25) is 14.9 Å². The van der Waals surface area contributed by atoms with E-state index in [1.807, 2.05) is 0 Å². The van der Waals surface area contributed by atoms with Gasteiger partial charge in [-0.05, 0) is 19.3 Å². The monoisotopic (exact) mass is 270 g/mol. The topological polar surface area (TPSA) is 86.7 Å². The normalized spacial score (nSPS) is 15.8. The summed E-state index contributed by atoms with van der Waals surface area (Å²) in [6.45, 7) is 0. The van der Waals surface area contributed by atoms with Crippen LogP contribution in [-0.4, -0.2) is 41.0 Å². The Kier molecular flexibility index (Phi) is 6.32. The number of amides is 3. The third-order valence-corrected chi connectivity index (χ3v) is 3.48. The lowest BCUT2D eigenvalue weighted by Gasteiger charge is -2.30. The van der Waals surface area contributed by atoms with Gasteiger partial charge < -0.3 is 10.0 Å². The van der Waals surface area contributed by atoms with E-state index in [4.69, 9.17) is 5.11 Å². The molecule has 6 heteroatoms. The SMILES string of the molecule is CN(C(=O)NC(=O)CCCC(=O)O)C1CCCCC1. The quantitative estimate of drug-likeness (QED) is 0.796. The van der Waals surface area contributed by atoms with E-state index in [2.05, 4.69) is 5.32 Å². The zero-order chi connectivity index (χ0) is 14.3. The number of nitrogens with zero attached hydrogens (tertiary/aromatic N) is 1. The highest BCUT2D eigenvalue weighted by Gasteiger charge is 2.22. The second kappa shape index (κ2) is 7.76. The van der Waals surface area contributed by atoms with Gasteiger partial charge in [0, 0.05) is 25.9 Å². The lowest BCUT2D eigenvalue weighted by Crippen LogP contribution is -2.46. The molecular formula is C13H22N2O4. The summed E-state index contributed by atoms with van der Waals surface area (Å²) in [5, 5.41) is 10.8. The van der Waals surface area contributed by atoms with Crippen LogP contribution in [0.5, 0.6) is 0 Å². The summed E-state index contributed by atoms with van der Waals surface area (Å²) in [5.74, 6) is -1.34. The van der Waals surface area contributed by atoms with Crippen molar-refractivity contribution >= 4 is 17.9 Å². The van der Waals surface area contributed by atoms with Gasteiger partial charge >= 0.3 is 12.0 Å². The molecular weight excluding hydrogens is 248 g/mol. The first kappa shape index (κ1) is 15.5. The van der Waals surface area contributed by atoms with Gasteiger partial charge in [0.15, 0.2) is 0 Å². The van der Waals surface area contributed by atoms with Crippen LogP contribution in [0.15, 0.2) is 0 Å². The average Bonchev–Trinajstić information content (AvgIpc) is 2.38. The molecule has 0 bridgehead atoms. The Morgan fingerprint density at radius 3 is 2.37 bits per heavy atom. The Labute approximate surface area is 113 Å². The van der Waals surface area contributed by atoms with E-state index in [9.17, 15) is 14.4 Å². The molecule has 0 heterocycles. The van der Waals surface area contributed by atoms with Crippen LogP contribution in [0.3, 0.4) is 0 Å². The van der Waals surface area contributed by atoms with Crippen LogP contribution in [-0.2, 0) is 9.59 Å². The number of hydrogen-bond acceptors (Lipinski definition) is 3. The summed E-state index contributed by atoms with van der Waals surface area (Å²) in [6, 6.07) is -0.173. The largest absolute Gasteiger partial charge is 0.481 e. The van der Waals surface area contributed by atoms with E-state index in [0.717, 1.165) is 25.7 Å². The Morgan fingerprint density at radius 2 is 1.79 bits per heavy atom. The number of carbonyl (C=O) groups excluding carboxylic acids is 2. The van der Waals surface area contributed by atoms with Crippen LogP contribution < -0.4 is 5.32 Å². The Morgan fingerprint density at radius 1 is 1.16 bits per heavy atom. The van der Waals surface area contributed by atoms with Crippen molar-refractivity contribution in [2.45, 2.75) is 57.4 Å². The maximum atomic E-state index is 11.8. The number of carbonyl (C=O) groups is 3. The van der Waals surface area contributed by atoms with Gasteiger partial charge in [-0.2, -0.15) is 0 Å². The molecule has 2 N–H and O–H groups in total. The molecule has 1 aliphatic carbocycles. The number of hydrogen-bond donors (Lipinski definition) is 2. The number of nitrogens with one attached hydrogen (secondary N) is 1. The minimum absolute atomic E-state index is 0.0555. The van der Waals surface area contributed by atoms with Crippen LogP contribution in [0, 0.1) is 0 Å². The van der Waals surface area contributed by atoms with Crippen molar-refractivity contribution in [2.75, 3.05) is 7.05 Å². The second-order valence-electron chi connectivity index (χ2n) is 5.00. The summed E-state index contributed by atoms with van der Waals surface area (Å²) in [6.07, 6.45) is 5.68. The number of aliphatic carboxylic acids is 1. The van der Waals surface area contributed by atoms with E-state index in [1.165, 1.54) is 6.42 Å². The average molecular weight is 270 g/mol. The summed E-state index contributed by atoms with van der Waals surface area (Å²) < 4.78 is 0. The molecule has 0 unspecified atom stereocenters. The number of carboxylic acid groups (broad SMARTS) is 1. The fraction of sp³-hybridized carbons (Fsp3) is 0.769. The third-order valence-electron chi connectivity index (χ3n) is 3.48. The van der Waals surface area contributed by atoms with Crippen molar-refractivity contribution < 1.29 is 19.5 Å². The van der Waals surface area contributed by atoms with E-state index in [-0.39, 0.29) is 31.3 Å². The summed E-state index contributed by atoms with van der Waals surface area (Å²) in [5.41, 5.74) is 0. The van der Waals surface area contributed by atoms with Gasteiger partial charge in [0.25, 0.3) is 0 Å². The van der Waals surface area contributed by atoms with Crippen LogP contribution in [0.2, 0.25) is 0 Å². The smallest absolute Gasteiger partial charge is 0.324 e. The molecule has 0 saturated heterocycles. The number of urea groups is 1. The van der Waals surface area contributed by atoms with Gasteiger partial charge in [-0.25, -0.2) is 4.79 Å². The standard InChI is InChI=1S/C13H22N2O4/c1-15(10-6-3-2-4-7-10)13(19)14-11(16)8-5-9-12(17)18/h10H,2-9H2,1H3,(H,17,18)(H,14,16,19). The molecule has 3 amide bonds. The molecule has 108 valence electrons. The third kappa shape index (κ3) is 5.72. The minimum atomic E-state index is -0.932. The Bertz CT molecular complexity index is 338. The van der Waals surface area contributed by atoms with E-state index in [1.54, 1.807) is 11.9 Å². The first-order chi connectivity index (χ1) is 9.00. The molecule has 0 atom stereocenters. The predicted octanol–water partition coefficient (Wildman–Crippen LogP) is 1.74. The summed E-state index contributed by atoms with van der Waals surface area (Å²) >= 11 is 0. The summed E-state index contributed by atoms with van der Waals surface area (Å²) in [7, 11) is 1.70. The van der Waals surface area contributed by atoms with Crippen LogP contribution in [0.25, 0.3) is 0 Å². The molecule has 0 radical (unpaired) electrons. The fourth-order valence-corrected chi connectivity index (χ4v) is 2.30. The van der Waals surface area contributed by atoms with Crippen molar-refractivity contribution in [2.24, 2.45) is 0 Å². The van der Waals surface area contributed by atoms with Gasteiger partial charge in [0.05, 0.1) is 0 Å². The van der Waals surface area contributed by atoms with Gasteiger partial charge in [0.2, 0.25) is 5.91 Å². The lowest BCUT2D eigenvalue weighted by molar-refractivity contribution is -0.137. The number of carboxylic acids is 1. The highest BCUT2D eigenvalue weighted by atomic mass is 16.4. The molecule has 1 rings (SSSR count). The highest BCUT2D eigenvalue weighted by molar-refractivity contribution is 5.94. The Balaban J connectivity index is 2.28. The lowest BCUT2D eigenvalue weighted by atomic mass is 9.95. The zero-order valence-corrected chi connectivity index (χ0v) is 11.4. The fourth-order valence-electron chi connectivity index (χ4n) is 2.30. The van der Waals surface area contributed by atoms with E-state index < -0.39 is 11.9 Å². The molecule has 6 nitrogen and oxygen atoms in total. The molecule has 0 aromatic carbocycles. The molecule has 1 saturated carbocycles. The van der Waals surface area contributed by atoms with Crippen molar-refractivity contribution in [1.29, 1.82) is 0 Å². The molecule has 0 aromatic rings. The van der Waals surface area contributed by atoms with Crippen LogP contribution >= 0.6 is 0 Å². The van der Waals surface area contributed by atoms with E-state index in [0.29, 0.717) is 0 Å².